The number of hydrogen-bond donors (Lipinski definition) is 1. The normalized spacial score (nSPS) is 12.0. The van der Waals surface area contributed by atoms with Gasteiger partial charge in [0.15, 0.2) is 0 Å². The topological polar surface area (TPSA) is 20.2 Å². The predicted molar refractivity (Wildman–Crippen MR) is 110 cm³/mol. The van der Waals surface area contributed by atoms with Gasteiger partial charge < -0.3 is 5.11 Å². The molecule has 25 heavy (non-hydrogen) atoms. The summed E-state index contributed by atoms with van der Waals surface area (Å²) >= 11 is 0. The van der Waals surface area contributed by atoms with Gasteiger partial charge in [0.05, 0.1) is 0 Å². The fraction of sp³-hybridized carbons (Fsp3) is 0.500. The third kappa shape index (κ3) is 4.08. The smallest absolute Gasteiger partial charge is 0.123 e. The molecule has 2 aromatic rings. The highest BCUT2D eigenvalue weighted by molar-refractivity contribution is 5.78. The molecule has 2 aromatic carbocycles. The molecule has 1 heteroatoms. The second kappa shape index (κ2) is 7.64. The molecule has 0 bridgehead atoms. The second-order valence-corrected chi connectivity index (χ2v) is 8.47. The lowest BCUT2D eigenvalue weighted by Gasteiger charge is -2.22. The van der Waals surface area contributed by atoms with Crippen LogP contribution in [0.15, 0.2) is 30.3 Å². The Bertz CT molecular complexity index is 736. The Balaban J connectivity index is 2.77. The van der Waals surface area contributed by atoms with Crippen molar-refractivity contribution < 1.29 is 5.11 Å². The molecule has 0 aliphatic carbocycles. The Morgan fingerprint density at radius 3 is 1.60 bits per heavy atom. The Morgan fingerprint density at radius 2 is 1.12 bits per heavy atom. The summed E-state index contributed by atoms with van der Waals surface area (Å²) in [5.41, 5.74) is 7.31. The fourth-order valence-corrected chi connectivity index (χ4v) is 3.40. The van der Waals surface area contributed by atoms with Crippen LogP contribution in [0, 0.1) is 0 Å². The molecule has 0 saturated carbocycles. The van der Waals surface area contributed by atoms with Crippen molar-refractivity contribution in [3.05, 3.63) is 52.6 Å². The minimum atomic E-state index is 0.365. The molecule has 0 aliphatic rings. The maximum absolute atomic E-state index is 10.9. The van der Waals surface area contributed by atoms with Gasteiger partial charge in [0.2, 0.25) is 0 Å². The van der Waals surface area contributed by atoms with Gasteiger partial charge >= 0.3 is 0 Å². The van der Waals surface area contributed by atoms with E-state index >= 15 is 0 Å². The SMILES string of the molecule is CC(C)c1ccc(-c2c(O)cc(C(C)C)cc2C(C)C)c(C(C)C)c1. The first-order valence-electron chi connectivity index (χ1n) is 9.64. The van der Waals surface area contributed by atoms with Crippen molar-refractivity contribution in [2.24, 2.45) is 0 Å². The average molecular weight is 339 g/mol. The second-order valence-electron chi connectivity index (χ2n) is 8.47. The Kier molecular flexibility index (Phi) is 5.98. The van der Waals surface area contributed by atoms with Crippen molar-refractivity contribution >= 4 is 0 Å². The molecular weight excluding hydrogens is 304 g/mol. The van der Waals surface area contributed by atoms with Crippen LogP contribution in [-0.2, 0) is 0 Å². The highest BCUT2D eigenvalue weighted by Gasteiger charge is 2.20. The zero-order chi connectivity index (χ0) is 18.9. The number of phenolic OH excluding ortho intramolecular Hbond substituents is 1. The molecule has 2 rings (SSSR count). The van der Waals surface area contributed by atoms with Crippen LogP contribution < -0.4 is 0 Å². The van der Waals surface area contributed by atoms with Gasteiger partial charge in [0.25, 0.3) is 0 Å². The first-order valence-corrected chi connectivity index (χ1v) is 9.64. The van der Waals surface area contributed by atoms with Crippen molar-refractivity contribution in [3.63, 3.8) is 0 Å². The van der Waals surface area contributed by atoms with E-state index < -0.39 is 0 Å². The lowest BCUT2D eigenvalue weighted by atomic mass is 9.83. The summed E-state index contributed by atoms with van der Waals surface area (Å²) in [4.78, 5) is 0. The maximum Gasteiger partial charge on any atom is 0.123 e. The van der Waals surface area contributed by atoms with E-state index in [0.29, 0.717) is 29.4 Å². The Hall–Kier alpha value is -1.76. The number of hydrogen-bond acceptors (Lipinski definition) is 1. The standard InChI is InChI=1S/C24H34O/c1-14(2)18-9-10-20(21(11-18)16(5)6)24-22(17(7)8)12-19(15(3)4)13-23(24)25/h9-17,25H,1-8H3. The molecular formula is C24H34O. The van der Waals surface area contributed by atoms with Gasteiger partial charge in [-0.25, -0.2) is 0 Å². The summed E-state index contributed by atoms with van der Waals surface area (Å²) < 4.78 is 0. The first-order chi connectivity index (χ1) is 11.6. The van der Waals surface area contributed by atoms with E-state index in [1.54, 1.807) is 0 Å². The number of aromatic hydroxyl groups is 1. The summed E-state index contributed by atoms with van der Waals surface area (Å²) in [5.74, 6) is 2.11. The fourth-order valence-electron chi connectivity index (χ4n) is 3.40. The third-order valence-corrected chi connectivity index (χ3v) is 5.09. The van der Waals surface area contributed by atoms with E-state index in [2.05, 4.69) is 79.7 Å². The van der Waals surface area contributed by atoms with Crippen LogP contribution in [0.2, 0.25) is 0 Å². The van der Waals surface area contributed by atoms with E-state index in [4.69, 9.17) is 0 Å². The number of benzene rings is 2. The lowest BCUT2D eigenvalue weighted by molar-refractivity contribution is 0.475. The predicted octanol–water partition coefficient (Wildman–Crippen LogP) is 7.55. The molecule has 0 radical (unpaired) electrons. The van der Waals surface area contributed by atoms with Gasteiger partial charge in [-0.05, 0) is 57.6 Å². The summed E-state index contributed by atoms with van der Waals surface area (Å²) in [6, 6.07) is 11.0. The zero-order valence-electron chi connectivity index (χ0n) is 17.1. The van der Waals surface area contributed by atoms with E-state index in [-0.39, 0.29) is 0 Å². The molecule has 0 spiro atoms. The van der Waals surface area contributed by atoms with Crippen LogP contribution in [0.25, 0.3) is 11.1 Å². The first kappa shape index (κ1) is 19.6. The van der Waals surface area contributed by atoms with Crippen LogP contribution in [-0.4, -0.2) is 5.11 Å². The molecule has 0 heterocycles. The lowest BCUT2D eigenvalue weighted by Crippen LogP contribution is -2.02. The van der Waals surface area contributed by atoms with Gasteiger partial charge in [-0.3, -0.25) is 0 Å². The van der Waals surface area contributed by atoms with Gasteiger partial charge in [0, 0.05) is 5.56 Å². The number of rotatable bonds is 5. The summed E-state index contributed by atoms with van der Waals surface area (Å²) in [6.07, 6.45) is 0. The monoisotopic (exact) mass is 338 g/mol. The van der Waals surface area contributed by atoms with E-state index in [1.807, 2.05) is 6.07 Å². The summed E-state index contributed by atoms with van der Waals surface area (Å²) in [5, 5.41) is 10.9. The van der Waals surface area contributed by atoms with E-state index in [0.717, 1.165) is 5.56 Å². The molecule has 1 nitrogen and oxygen atoms in total. The molecule has 0 aromatic heterocycles. The minimum Gasteiger partial charge on any atom is -0.507 e. The van der Waals surface area contributed by atoms with Crippen molar-refractivity contribution in [3.8, 4) is 16.9 Å². The van der Waals surface area contributed by atoms with E-state index in [1.165, 1.54) is 27.8 Å². The third-order valence-electron chi connectivity index (χ3n) is 5.09. The van der Waals surface area contributed by atoms with Crippen LogP contribution in [0.5, 0.6) is 5.75 Å². The summed E-state index contributed by atoms with van der Waals surface area (Å²) in [7, 11) is 0. The van der Waals surface area contributed by atoms with Crippen molar-refractivity contribution in [1.29, 1.82) is 0 Å². The minimum absolute atomic E-state index is 0.365. The Labute approximate surface area is 154 Å². The van der Waals surface area contributed by atoms with Crippen molar-refractivity contribution in [1.82, 2.24) is 0 Å². The molecule has 0 atom stereocenters. The maximum atomic E-state index is 10.9. The van der Waals surface area contributed by atoms with Gasteiger partial charge in [-0.2, -0.15) is 0 Å². The van der Waals surface area contributed by atoms with Crippen LogP contribution in [0.1, 0.15) is 101 Å². The van der Waals surface area contributed by atoms with Crippen molar-refractivity contribution in [2.75, 3.05) is 0 Å². The Morgan fingerprint density at radius 1 is 0.600 bits per heavy atom. The number of phenols is 1. The molecule has 136 valence electrons. The van der Waals surface area contributed by atoms with Crippen LogP contribution in [0.4, 0.5) is 0 Å². The summed E-state index contributed by atoms with van der Waals surface area (Å²) in [6.45, 7) is 17.7. The van der Waals surface area contributed by atoms with Crippen LogP contribution in [0.3, 0.4) is 0 Å². The van der Waals surface area contributed by atoms with Gasteiger partial charge in [0.1, 0.15) is 5.75 Å². The van der Waals surface area contributed by atoms with E-state index in [9.17, 15) is 5.11 Å². The van der Waals surface area contributed by atoms with Crippen molar-refractivity contribution in [2.45, 2.75) is 79.1 Å². The average Bonchev–Trinajstić information content (AvgIpc) is 2.53. The molecule has 0 aliphatic heterocycles. The molecule has 0 unspecified atom stereocenters. The van der Waals surface area contributed by atoms with Gasteiger partial charge in [-0.15, -0.1) is 0 Å². The quantitative estimate of drug-likeness (QED) is 0.596. The highest BCUT2D eigenvalue weighted by Crippen LogP contribution is 2.42. The molecule has 0 amide bonds. The molecule has 0 fully saturated rings. The highest BCUT2D eigenvalue weighted by atomic mass is 16.3. The van der Waals surface area contributed by atoms with Crippen LogP contribution >= 0.6 is 0 Å². The largest absolute Gasteiger partial charge is 0.507 e. The molecule has 1 N–H and O–H groups in total. The molecule has 0 saturated heterocycles. The van der Waals surface area contributed by atoms with Gasteiger partial charge in [-0.1, -0.05) is 79.7 Å². The zero-order valence-corrected chi connectivity index (χ0v) is 17.1.